The van der Waals surface area contributed by atoms with Crippen molar-refractivity contribution >= 4 is 17.2 Å². The molecule has 1 saturated carbocycles. The molecule has 0 unspecified atom stereocenters. The van der Waals surface area contributed by atoms with E-state index >= 15 is 0 Å². The Kier molecular flexibility index (Phi) is 3.63. The molecule has 3 nitrogen and oxygen atoms in total. The van der Waals surface area contributed by atoms with Gasteiger partial charge in [0.25, 0.3) is 5.91 Å². The van der Waals surface area contributed by atoms with Crippen molar-refractivity contribution in [3.05, 3.63) is 21.9 Å². The minimum atomic E-state index is 0.0853. The molecule has 0 aromatic carbocycles. The van der Waals surface area contributed by atoms with Crippen molar-refractivity contribution in [2.24, 2.45) is 0 Å². The zero-order valence-electron chi connectivity index (χ0n) is 11.6. The topological polar surface area (TPSA) is 32.3 Å². The van der Waals surface area contributed by atoms with E-state index in [1.54, 1.807) is 11.3 Å². The fourth-order valence-corrected chi connectivity index (χ4v) is 4.37. The summed E-state index contributed by atoms with van der Waals surface area (Å²) in [6.45, 7) is 4.80. The van der Waals surface area contributed by atoms with Gasteiger partial charge >= 0.3 is 0 Å². The van der Waals surface area contributed by atoms with Gasteiger partial charge in [-0.05, 0) is 30.7 Å². The number of carbonyl (C=O) groups is 1. The third-order valence-electron chi connectivity index (χ3n) is 4.65. The van der Waals surface area contributed by atoms with Gasteiger partial charge in [0.2, 0.25) is 0 Å². The van der Waals surface area contributed by atoms with E-state index in [1.807, 2.05) is 12.3 Å². The summed E-state index contributed by atoms with van der Waals surface area (Å²) in [4.78, 5) is 15.0. The minimum Gasteiger partial charge on any atom is -0.330 e. The van der Waals surface area contributed by atoms with Crippen LogP contribution in [0.15, 0.2) is 10.8 Å². The summed E-state index contributed by atoms with van der Waals surface area (Å²) in [5.74, 6) is 0.252. The molecule has 1 aromatic heterocycles. The number of rotatable bonds is 1. The number of carbonyl (C=O) groups excluding carboxylic acids is 1. The molecule has 1 saturated heterocycles. The molecule has 0 bridgehead atoms. The number of aryl methyl sites for hydroxylation is 1. The van der Waals surface area contributed by atoms with Crippen LogP contribution in [0, 0.1) is 6.92 Å². The quantitative estimate of drug-likeness (QED) is 0.856. The summed E-state index contributed by atoms with van der Waals surface area (Å²) in [7, 11) is 0. The van der Waals surface area contributed by atoms with Crippen molar-refractivity contribution < 1.29 is 4.79 Å². The van der Waals surface area contributed by atoms with Crippen LogP contribution in [0.2, 0.25) is 0 Å². The van der Waals surface area contributed by atoms with Crippen LogP contribution in [0.1, 0.15) is 48.0 Å². The second-order valence-corrected chi connectivity index (χ2v) is 6.63. The Morgan fingerprint density at radius 1 is 1.32 bits per heavy atom. The predicted octanol–water partition coefficient (Wildman–Crippen LogP) is 2.80. The third-order valence-corrected chi connectivity index (χ3v) is 5.52. The SMILES string of the molecule is Cc1cscc1C(=O)N1CCNCC12CCCCC2. The largest absolute Gasteiger partial charge is 0.330 e. The second-order valence-electron chi connectivity index (χ2n) is 5.89. The van der Waals surface area contributed by atoms with Gasteiger partial charge in [-0.1, -0.05) is 19.3 Å². The summed E-state index contributed by atoms with van der Waals surface area (Å²) in [6, 6.07) is 0. The van der Waals surface area contributed by atoms with Gasteiger partial charge in [0.1, 0.15) is 0 Å². The molecular weight excluding hydrogens is 256 g/mol. The third kappa shape index (κ3) is 2.32. The van der Waals surface area contributed by atoms with Crippen molar-refractivity contribution in [2.45, 2.75) is 44.6 Å². The molecule has 104 valence electrons. The van der Waals surface area contributed by atoms with Crippen LogP contribution in [0.4, 0.5) is 0 Å². The highest BCUT2D eigenvalue weighted by molar-refractivity contribution is 7.08. The van der Waals surface area contributed by atoms with E-state index in [0.29, 0.717) is 0 Å². The summed E-state index contributed by atoms with van der Waals surface area (Å²) < 4.78 is 0. The lowest BCUT2D eigenvalue weighted by molar-refractivity contribution is 0.0222. The van der Waals surface area contributed by atoms with Crippen molar-refractivity contribution in [3.63, 3.8) is 0 Å². The number of nitrogens with one attached hydrogen (secondary N) is 1. The molecule has 0 radical (unpaired) electrons. The Morgan fingerprint density at radius 2 is 2.11 bits per heavy atom. The molecule has 19 heavy (non-hydrogen) atoms. The summed E-state index contributed by atoms with van der Waals surface area (Å²) in [6.07, 6.45) is 6.16. The van der Waals surface area contributed by atoms with Gasteiger partial charge in [0, 0.05) is 25.0 Å². The Balaban J connectivity index is 1.88. The fourth-order valence-electron chi connectivity index (χ4n) is 3.54. The molecule has 1 spiro atoms. The van der Waals surface area contributed by atoms with Gasteiger partial charge in [-0.15, -0.1) is 0 Å². The highest BCUT2D eigenvalue weighted by Gasteiger charge is 2.42. The van der Waals surface area contributed by atoms with E-state index in [-0.39, 0.29) is 11.4 Å². The molecule has 1 aromatic rings. The number of nitrogens with zero attached hydrogens (tertiary/aromatic N) is 1. The maximum absolute atomic E-state index is 12.9. The summed E-state index contributed by atoms with van der Waals surface area (Å²) in [5.41, 5.74) is 2.12. The van der Waals surface area contributed by atoms with Crippen molar-refractivity contribution in [1.29, 1.82) is 0 Å². The van der Waals surface area contributed by atoms with Gasteiger partial charge in [-0.3, -0.25) is 4.79 Å². The maximum Gasteiger partial charge on any atom is 0.255 e. The smallest absolute Gasteiger partial charge is 0.255 e. The Hall–Kier alpha value is -0.870. The molecule has 2 fully saturated rings. The van der Waals surface area contributed by atoms with Gasteiger partial charge in [-0.2, -0.15) is 11.3 Å². The number of hydrogen-bond donors (Lipinski definition) is 1. The highest BCUT2D eigenvalue weighted by atomic mass is 32.1. The number of hydrogen-bond acceptors (Lipinski definition) is 3. The molecular formula is C15H22N2OS. The normalized spacial score (nSPS) is 22.7. The van der Waals surface area contributed by atoms with Crippen LogP contribution in [-0.2, 0) is 0 Å². The zero-order chi connectivity index (χ0) is 13.3. The van der Waals surface area contributed by atoms with E-state index in [1.165, 1.54) is 19.3 Å². The second kappa shape index (κ2) is 5.25. The first kappa shape index (κ1) is 13.1. The molecule has 1 N–H and O–H groups in total. The molecule has 4 heteroatoms. The van der Waals surface area contributed by atoms with Gasteiger partial charge < -0.3 is 10.2 Å². The molecule has 1 aliphatic heterocycles. The molecule has 1 aliphatic carbocycles. The van der Waals surface area contributed by atoms with Crippen LogP contribution >= 0.6 is 11.3 Å². The average Bonchev–Trinajstić information content (AvgIpc) is 2.86. The number of piperazine rings is 1. The van der Waals surface area contributed by atoms with Crippen LogP contribution in [0.5, 0.6) is 0 Å². The monoisotopic (exact) mass is 278 g/mol. The van der Waals surface area contributed by atoms with Gasteiger partial charge in [0.15, 0.2) is 0 Å². The highest BCUT2D eigenvalue weighted by Crippen LogP contribution is 2.36. The van der Waals surface area contributed by atoms with E-state index in [0.717, 1.165) is 43.6 Å². The molecule has 2 heterocycles. The molecule has 3 rings (SSSR count). The molecule has 1 amide bonds. The Morgan fingerprint density at radius 3 is 2.79 bits per heavy atom. The van der Waals surface area contributed by atoms with E-state index in [2.05, 4.69) is 15.6 Å². The summed E-state index contributed by atoms with van der Waals surface area (Å²) >= 11 is 1.63. The van der Waals surface area contributed by atoms with Crippen LogP contribution < -0.4 is 5.32 Å². The van der Waals surface area contributed by atoms with E-state index in [9.17, 15) is 4.79 Å². The van der Waals surface area contributed by atoms with Crippen molar-refractivity contribution in [2.75, 3.05) is 19.6 Å². The van der Waals surface area contributed by atoms with E-state index in [4.69, 9.17) is 0 Å². The first-order chi connectivity index (χ1) is 9.23. The first-order valence-electron chi connectivity index (χ1n) is 7.28. The maximum atomic E-state index is 12.9. The summed E-state index contributed by atoms with van der Waals surface area (Å²) in [5, 5.41) is 7.58. The van der Waals surface area contributed by atoms with Gasteiger partial charge in [-0.25, -0.2) is 0 Å². The van der Waals surface area contributed by atoms with Crippen molar-refractivity contribution in [3.8, 4) is 0 Å². The fraction of sp³-hybridized carbons (Fsp3) is 0.667. The number of thiophene rings is 1. The standard InChI is InChI=1S/C15H22N2OS/c1-12-9-19-10-13(12)14(18)17-8-7-16-11-15(17)5-3-2-4-6-15/h9-10,16H,2-8,11H2,1H3. The minimum absolute atomic E-state index is 0.0853. The average molecular weight is 278 g/mol. The molecule has 0 atom stereocenters. The zero-order valence-corrected chi connectivity index (χ0v) is 12.4. The van der Waals surface area contributed by atoms with Crippen LogP contribution in [0.25, 0.3) is 0 Å². The first-order valence-corrected chi connectivity index (χ1v) is 8.23. The lowest BCUT2D eigenvalue weighted by Gasteiger charge is -2.49. The van der Waals surface area contributed by atoms with Crippen molar-refractivity contribution in [1.82, 2.24) is 10.2 Å². The lowest BCUT2D eigenvalue weighted by Crippen LogP contribution is -2.63. The van der Waals surface area contributed by atoms with Crippen LogP contribution in [0.3, 0.4) is 0 Å². The number of amides is 1. The van der Waals surface area contributed by atoms with Crippen LogP contribution in [-0.4, -0.2) is 36.0 Å². The lowest BCUT2D eigenvalue weighted by atomic mass is 9.78. The van der Waals surface area contributed by atoms with E-state index < -0.39 is 0 Å². The predicted molar refractivity (Wildman–Crippen MR) is 78.8 cm³/mol. The molecule has 2 aliphatic rings. The Bertz CT molecular complexity index is 454. The Labute approximate surface area is 119 Å². The van der Waals surface area contributed by atoms with Gasteiger partial charge in [0.05, 0.1) is 11.1 Å².